The predicted molar refractivity (Wildman–Crippen MR) is 59.2 cm³/mol. The van der Waals surface area contributed by atoms with Crippen LogP contribution < -0.4 is 4.90 Å². The maximum Gasteiger partial charge on any atom is 0.318 e. The summed E-state index contributed by atoms with van der Waals surface area (Å²) in [4.78, 5) is 1.85. The van der Waals surface area contributed by atoms with E-state index in [1.54, 1.807) is 10.9 Å². The van der Waals surface area contributed by atoms with E-state index < -0.39 is 0 Å². The van der Waals surface area contributed by atoms with E-state index in [-0.39, 0.29) is 5.88 Å². The van der Waals surface area contributed by atoms with E-state index in [2.05, 4.69) is 15.3 Å². The van der Waals surface area contributed by atoms with E-state index in [0.717, 1.165) is 5.56 Å². The van der Waals surface area contributed by atoms with Crippen molar-refractivity contribution in [2.24, 2.45) is 7.05 Å². The highest BCUT2D eigenvalue weighted by Gasteiger charge is 2.11. The molecule has 6 nitrogen and oxygen atoms in total. The van der Waals surface area contributed by atoms with Gasteiger partial charge in [0, 0.05) is 25.9 Å². The Hall–Kier alpha value is -1.56. The summed E-state index contributed by atoms with van der Waals surface area (Å²) in [5, 5.41) is 11.8. The minimum atomic E-state index is 0.230. The summed E-state index contributed by atoms with van der Waals surface area (Å²) >= 11 is 5.58. The van der Waals surface area contributed by atoms with E-state index in [9.17, 15) is 0 Å². The van der Waals surface area contributed by atoms with Crippen LogP contribution >= 0.6 is 11.6 Å². The molecule has 0 amide bonds. The zero-order valence-electron chi connectivity index (χ0n) is 9.09. The summed E-state index contributed by atoms with van der Waals surface area (Å²) in [5.74, 6) is 0.656. The van der Waals surface area contributed by atoms with Gasteiger partial charge in [-0.25, -0.2) is 0 Å². The number of aromatic nitrogens is 4. The van der Waals surface area contributed by atoms with Crippen LogP contribution in [0.1, 0.15) is 11.5 Å². The fourth-order valence-electron chi connectivity index (χ4n) is 1.35. The molecule has 0 bridgehead atoms. The molecule has 0 fully saturated rings. The average Bonchev–Trinajstić information content (AvgIpc) is 2.87. The molecule has 0 aliphatic carbocycles. The molecule has 2 aromatic heterocycles. The largest absolute Gasteiger partial charge is 0.407 e. The van der Waals surface area contributed by atoms with Gasteiger partial charge in [0.1, 0.15) is 5.88 Å². The highest BCUT2D eigenvalue weighted by molar-refractivity contribution is 6.16. The maximum absolute atomic E-state index is 5.58. The predicted octanol–water partition coefficient (Wildman–Crippen LogP) is 1.18. The molecule has 86 valence electrons. The molecule has 0 saturated heterocycles. The quantitative estimate of drug-likeness (QED) is 0.753. The second-order valence-electron chi connectivity index (χ2n) is 3.49. The van der Waals surface area contributed by atoms with E-state index in [1.165, 1.54) is 0 Å². The van der Waals surface area contributed by atoms with Crippen molar-refractivity contribution in [3.8, 4) is 0 Å². The molecule has 2 rings (SSSR count). The third-order valence-electron chi connectivity index (χ3n) is 2.08. The van der Waals surface area contributed by atoms with Crippen molar-refractivity contribution in [3.63, 3.8) is 0 Å². The maximum atomic E-state index is 5.58. The van der Waals surface area contributed by atoms with Crippen LogP contribution in [-0.4, -0.2) is 27.0 Å². The molecule has 0 atom stereocenters. The van der Waals surface area contributed by atoms with Crippen LogP contribution in [0.5, 0.6) is 0 Å². The van der Waals surface area contributed by atoms with Gasteiger partial charge in [-0.05, 0) is 0 Å². The number of rotatable bonds is 4. The summed E-state index contributed by atoms with van der Waals surface area (Å²) in [6.45, 7) is 0.664. The van der Waals surface area contributed by atoms with E-state index in [4.69, 9.17) is 16.0 Å². The van der Waals surface area contributed by atoms with Crippen LogP contribution in [0.2, 0.25) is 0 Å². The normalized spacial score (nSPS) is 10.7. The Balaban J connectivity index is 2.05. The van der Waals surface area contributed by atoms with Gasteiger partial charge in [0.15, 0.2) is 0 Å². The molecule has 16 heavy (non-hydrogen) atoms. The Labute approximate surface area is 97.8 Å². The second-order valence-corrected chi connectivity index (χ2v) is 3.76. The second kappa shape index (κ2) is 4.52. The van der Waals surface area contributed by atoms with Crippen LogP contribution in [0.15, 0.2) is 16.8 Å². The highest BCUT2D eigenvalue weighted by atomic mass is 35.5. The van der Waals surface area contributed by atoms with Crippen molar-refractivity contribution in [1.29, 1.82) is 0 Å². The van der Waals surface area contributed by atoms with Crippen LogP contribution in [0.3, 0.4) is 0 Å². The van der Waals surface area contributed by atoms with Gasteiger partial charge in [-0.1, -0.05) is 5.10 Å². The number of halogens is 1. The lowest BCUT2D eigenvalue weighted by Gasteiger charge is -2.11. The fourth-order valence-corrected chi connectivity index (χ4v) is 1.46. The Kier molecular flexibility index (Phi) is 3.09. The zero-order valence-corrected chi connectivity index (χ0v) is 9.85. The van der Waals surface area contributed by atoms with Gasteiger partial charge in [0.05, 0.1) is 12.7 Å². The molecule has 0 unspecified atom stereocenters. The van der Waals surface area contributed by atoms with Gasteiger partial charge in [-0.15, -0.1) is 16.7 Å². The molecular weight excluding hydrogens is 230 g/mol. The summed E-state index contributed by atoms with van der Waals surface area (Å²) in [5.41, 5.74) is 1.08. The first-order valence-corrected chi connectivity index (χ1v) is 5.29. The number of nitrogens with zero attached hydrogens (tertiary/aromatic N) is 5. The van der Waals surface area contributed by atoms with Crippen LogP contribution in [-0.2, 0) is 19.5 Å². The fraction of sp³-hybridized carbons (Fsp3) is 0.444. The zero-order chi connectivity index (χ0) is 11.5. The first kappa shape index (κ1) is 10.9. The van der Waals surface area contributed by atoms with Gasteiger partial charge >= 0.3 is 6.01 Å². The minimum Gasteiger partial charge on any atom is -0.407 e. The molecule has 2 heterocycles. The van der Waals surface area contributed by atoms with Crippen molar-refractivity contribution in [2.75, 3.05) is 11.9 Å². The average molecular weight is 242 g/mol. The minimum absolute atomic E-state index is 0.230. The molecular formula is C9H12ClN5O. The van der Waals surface area contributed by atoms with Crippen molar-refractivity contribution >= 4 is 17.6 Å². The summed E-state index contributed by atoms with van der Waals surface area (Å²) < 4.78 is 7.07. The van der Waals surface area contributed by atoms with E-state index in [1.807, 2.05) is 25.2 Å². The van der Waals surface area contributed by atoms with E-state index >= 15 is 0 Å². The van der Waals surface area contributed by atoms with Crippen LogP contribution in [0, 0.1) is 0 Å². The van der Waals surface area contributed by atoms with Gasteiger partial charge < -0.3 is 9.32 Å². The number of hydrogen-bond acceptors (Lipinski definition) is 5. The lowest BCUT2D eigenvalue weighted by atomic mass is 10.3. The standard InChI is InChI=1S/C9H12ClN5O/c1-14(5-7-4-11-15(2)6-7)9-13-12-8(3-10)16-9/h4,6H,3,5H2,1-2H3. The van der Waals surface area contributed by atoms with Crippen molar-refractivity contribution in [1.82, 2.24) is 20.0 Å². The number of hydrogen-bond donors (Lipinski definition) is 0. The lowest BCUT2D eigenvalue weighted by molar-refractivity contribution is 0.506. The highest BCUT2D eigenvalue weighted by Crippen LogP contribution is 2.14. The van der Waals surface area contributed by atoms with Crippen molar-refractivity contribution < 1.29 is 4.42 Å². The van der Waals surface area contributed by atoms with Crippen LogP contribution in [0.4, 0.5) is 6.01 Å². The molecule has 0 aromatic carbocycles. The molecule has 7 heteroatoms. The third-order valence-corrected chi connectivity index (χ3v) is 2.30. The summed E-state index contributed by atoms with van der Waals surface area (Å²) in [6.07, 6.45) is 3.74. The van der Waals surface area contributed by atoms with Crippen LogP contribution in [0.25, 0.3) is 0 Å². The summed E-state index contributed by atoms with van der Waals surface area (Å²) in [6, 6.07) is 0.458. The molecule has 2 aromatic rings. The van der Waals surface area contributed by atoms with E-state index in [0.29, 0.717) is 18.5 Å². The monoisotopic (exact) mass is 241 g/mol. The summed E-state index contributed by atoms with van der Waals surface area (Å²) in [7, 11) is 3.75. The number of anilines is 1. The van der Waals surface area contributed by atoms with Crippen molar-refractivity contribution in [2.45, 2.75) is 12.4 Å². The molecule has 0 spiro atoms. The van der Waals surface area contributed by atoms with Gasteiger partial charge in [0.25, 0.3) is 0 Å². The Morgan fingerprint density at radius 3 is 2.88 bits per heavy atom. The topological polar surface area (TPSA) is 60.0 Å². The molecule has 0 saturated carbocycles. The molecule has 0 radical (unpaired) electrons. The first-order valence-electron chi connectivity index (χ1n) is 4.76. The molecule has 0 aliphatic heterocycles. The number of aryl methyl sites for hydroxylation is 1. The Bertz CT molecular complexity index is 466. The first-order chi connectivity index (χ1) is 7.69. The van der Waals surface area contributed by atoms with Gasteiger partial charge in [-0.2, -0.15) is 5.10 Å². The number of alkyl halides is 1. The smallest absolute Gasteiger partial charge is 0.318 e. The Morgan fingerprint density at radius 1 is 1.50 bits per heavy atom. The SMILES string of the molecule is CN(Cc1cnn(C)c1)c1nnc(CCl)o1. The molecule has 0 N–H and O–H groups in total. The molecule has 0 aliphatic rings. The van der Waals surface area contributed by atoms with Crippen molar-refractivity contribution in [3.05, 3.63) is 23.8 Å². The third kappa shape index (κ3) is 2.33. The Morgan fingerprint density at radius 2 is 2.31 bits per heavy atom. The van der Waals surface area contributed by atoms with Gasteiger partial charge in [0.2, 0.25) is 5.89 Å². The lowest BCUT2D eigenvalue weighted by Crippen LogP contribution is -2.16. The van der Waals surface area contributed by atoms with Gasteiger partial charge in [-0.3, -0.25) is 4.68 Å².